The van der Waals surface area contributed by atoms with E-state index in [9.17, 15) is 0 Å². The maximum absolute atomic E-state index is 5.39. The van der Waals surface area contributed by atoms with Gasteiger partial charge in [0.15, 0.2) is 0 Å². The van der Waals surface area contributed by atoms with E-state index in [0.29, 0.717) is 11.5 Å². The summed E-state index contributed by atoms with van der Waals surface area (Å²) in [6.07, 6.45) is 0. The minimum atomic E-state index is 0.485. The van der Waals surface area contributed by atoms with Crippen molar-refractivity contribution in [2.24, 2.45) is 5.73 Å². The van der Waals surface area contributed by atoms with Crippen molar-refractivity contribution >= 4 is 22.9 Å². The molecule has 0 aliphatic rings. The molecule has 0 saturated carbocycles. The molecule has 0 amide bonds. The van der Waals surface area contributed by atoms with Crippen LogP contribution in [0.1, 0.15) is 11.1 Å². The number of hydrogen-bond donors (Lipinski definition) is 2. The molecule has 1 aromatic rings. The van der Waals surface area contributed by atoms with Gasteiger partial charge in [-0.05, 0) is 37.1 Å². The second-order valence-corrected chi connectivity index (χ2v) is 3.72. The van der Waals surface area contributed by atoms with Gasteiger partial charge in [-0.2, -0.15) is 0 Å². The fourth-order valence-electron chi connectivity index (χ4n) is 1.27. The zero-order valence-corrected chi connectivity index (χ0v) is 8.74. The number of nitrogens with two attached hydrogens (primary N) is 1. The molecule has 0 aromatic heterocycles. The number of aryl methyl sites for hydroxylation is 2. The highest BCUT2D eigenvalue weighted by Crippen LogP contribution is 2.12. The molecule has 0 heterocycles. The van der Waals surface area contributed by atoms with E-state index < -0.39 is 0 Å². The molecule has 3 heteroatoms. The monoisotopic (exact) mass is 194 g/mol. The van der Waals surface area contributed by atoms with Crippen LogP contribution in [-0.4, -0.2) is 11.5 Å². The Morgan fingerprint density at radius 1 is 1.31 bits per heavy atom. The average molecular weight is 194 g/mol. The molecule has 70 valence electrons. The maximum atomic E-state index is 5.39. The predicted molar refractivity (Wildman–Crippen MR) is 61.2 cm³/mol. The Morgan fingerprint density at radius 3 is 2.31 bits per heavy atom. The van der Waals surface area contributed by atoms with Crippen LogP contribution in [0.5, 0.6) is 0 Å². The Bertz CT molecular complexity index is 300. The summed E-state index contributed by atoms with van der Waals surface area (Å²) in [5, 5.41) is 3.16. The first-order valence-corrected chi connectivity index (χ1v) is 4.59. The van der Waals surface area contributed by atoms with Gasteiger partial charge in [-0.1, -0.05) is 18.3 Å². The molecule has 0 aliphatic carbocycles. The topological polar surface area (TPSA) is 38.0 Å². The highest BCUT2D eigenvalue weighted by atomic mass is 32.1. The molecule has 0 radical (unpaired) electrons. The first-order chi connectivity index (χ1) is 6.08. The van der Waals surface area contributed by atoms with Gasteiger partial charge in [-0.15, -0.1) is 0 Å². The summed E-state index contributed by atoms with van der Waals surface area (Å²) in [6.45, 7) is 4.69. The molecule has 0 saturated heterocycles. The molecule has 3 N–H and O–H groups in total. The molecule has 0 atom stereocenters. The van der Waals surface area contributed by atoms with Crippen molar-refractivity contribution in [1.82, 2.24) is 0 Å². The molecule has 0 bridgehead atoms. The zero-order chi connectivity index (χ0) is 9.84. The highest BCUT2D eigenvalue weighted by molar-refractivity contribution is 7.80. The number of hydrogen-bond acceptors (Lipinski definition) is 2. The Hall–Kier alpha value is -1.09. The number of nitrogens with one attached hydrogen (secondary N) is 1. The number of thiocarbonyl (C=S) groups is 1. The Morgan fingerprint density at radius 2 is 1.85 bits per heavy atom. The second-order valence-electron chi connectivity index (χ2n) is 3.20. The summed E-state index contributed by atoms with van der Waals surface area (Å²) < 4.78 is 0. The lowest BCUT2D eigenvalue weighted by atomic mass is 10.1. The summed E-state index contributed by atoms with van der Waals surface area (Å²) in [7, 11) is 0. The van der Waals surface area contributed by atoms with E-state index in [1.54, 1.807) is 0 Å². The van der Waals surface area contributed by atoms with Gasteiger partial charge in [0.1, 0.15) is 0 Å². The Labute approximate surface area is 84.1 Å². The van der Waals surface area contributed by atoms with E-state index in [2.05, 4.69) is 37.4 Å². The van der Waals surface area contributed by atoms with Gasteiger partial charge in [0, 0.05) is 5.69 Å². The lowest BCUT2D eigenvalue weighted by Gasteiger charge is -2.07. The summed E-state index contributed by atoms with van der Waals surface area (Å²) in [6, 6.07) is 6.28. The van der Waals surface area contributed by atoms with Crippen LogP contribution < -0.4 is 11.1 Å². The van der Waals surface area contributed by atoms with Crippen molar-refractivity contribution in [3.63, 3.8) is 0 Å². The predicted octanol–water partition coefficient (Wildman–Crippen LogP) is 2.00. The molecule has 0 aliphatic heterocycles. The molecule has 1 rings (SSSR count). The SMILES string of the molecule is Cc1cc(C)cc(NCC(N)=S)c1. The van der Waals surface area contributed by atoms with Gasteiger partial charge in [0.25, 0.3) is 0 Å². The van der Waals surface area contributed by atoms with Crippen molar-refractivity contribution in [2.75, 3.05) is 11.9 Å². The van der Waals surface area contributed by atoms with Crippen LogP contribution >= 0.6 is 12.2 Å². The molecule has 13 heavy (non-hydrogen) atoms. The molecule has 1 aromatic carbocycles. The maximum Gasteiger partial charge on any atom is 0.0921 e. The summed E-state index contributed by atoms with van der Waals surface area (Å²) in [5.74, 6) is 0. The molecule has 2 nitrogen and oxygen atoms in total. The van der Waals surface area contributed by atoms with Gasteiger partial charge in [0.05, 0.1) is 11.5 Å². The van der Waals surface area contributed by atoms with Gasteiger partial charge < -0.3 is 11.1 Å². The van der Waals surface area contributed by atoms with Crippen LogP contribution in [0, 0.1) is 13.8 Å². The van der Waals surface area contributed by atoms with Crippen molar-refractivity contribution in [3.05, 3.63) is 29.3 Å². The summed E-state index contributed by atoms with van der Waals surface area (Å²) in [4.78, 5) is 0.485. The third kappa shape index (κ3) is 3.42. The third-order valence-electron chi connectivity index (χ3n) is 1.69. The van der Waals surface area contributed by atoms with Crippen LogP contribution in [-0.2, 0) is 0 Å². The van der Waals surface area contributed by atoms with Crippen LogP contribution in [0.3, 0.4) is 0 Å². The molecule has 0 spiro atoms. The van der Waals surface area contributed by atoms with Gasteiger partial charge in [-0.25, -0.2) is 0 Å². The van der Waals surface area contributed by atoms with Crippen molar-refractivity contribution in [2.45, 2.75) is 13.8 Å². The third-order valence-corrected chi connectivity index (χ3v) is 1.83. The van der Waals surface area contributed by atoms with E-state index in [4.69, 9.17) is 18.0 Å². The molecule has 0 fully saturated rings. The first kappa shape index (κ1) is 9.99. The minimum Gasteiger partial charge on any atom is -0.392 e. The standard InChI is InChI=1S/C10H14N2S/c1-7-3-8(2)5-9(4-7)12-6-10(11)13/h3-5,12H,6H2,1-2H3,(H2,11,13). The van der Waals surface area contributed by atoms with Crippen LogP contribution in [0.25, 0.3) is 0 Å². The van der Waals surface area contributed by atoms with E-state index in [1.807, 2.05) is 0 Å². The fraction of sp³-hybridized carbons (Fsp3) is 0.300. The quantitative estimate of drug-likeness (QED) is 0.723. The van der Waals surface area contributed by atoms with E-state index in [1.165, 1.54) is 11.1 Å². The van der Waals surface area contributed by atoms with Gasteiger partial charge in [0.2, 0.25) is 0 Å². The molecular weight excluding hydrogens is 180 g/mol. The normalized spacial score (nSPS) is 9.69. The summed E-state index contributed by atoms with van der Waals surface area (Å²) >= 11 is 4.78. The zero-order valence-electron chi connectivity index (χ0n) is 7.92. The number of anilines is 1. The smallest absolute Gasteiger partial charge is 0.0921 e. The van der Waals surface area contributed by atoms with Crippen molar-refractivity contribution < 1.29 is 0 Å². The van der Waals surface area contributed by atoms with E-state index in [-0.39, 0.29) is 0 Å². The average Bonchev–Trinajstić information content (AvgIpc) is 1.99. The largest absolute Gasteiger partial charge is 0.392 e. The Kier molecular flexibility index (Phi) is 3.25. The van der Waals surface area contributed by atoms with Gasteiger partial charge in [-0.3, -0.25) is 0 Å². The fourth-order valence-corrected chi connectivity index (χ4v) is 1.34. The molecular formula is C10H14N2S. The molecule has 0 unspecified atom stereocenters. The lowest BCUT2D eigenvalue weighted by molar-refractivity contribution is 1.33. The van der Waals surface area contributed by atoms with Crippen LogP contribution in [0.4, 0.5) is 5.69 Å². The van der Waals surface area contributed by atoms with Crippen LogP contribution in [0.2, 0.25) is 0 Å². The minimum absolute atomic E-state index is 0.485. The number of benzene rings is 1. The van der Waals surface area contributed by atoms with E-state index in [0.717, 1.165) is 5.69 Å². The first-order valence-electron chi connectivity index (χ1n) is 4.18. The van der Waals surface area contributed by atoms with Gasteiger partial charge >= 0.3 is 0 Å². The second kappa shape index (κ2) is 4.23. The summed E-state index contributed by atoms with van der Waals surface area (Å²) in [5.41, 5.74) is 8.94. The Balaban J connectivity index is 2.71. The van der Waals surface area contributed by atoms with Crippen molar-refractivity contribution in [1.29, 1.82) is 0 Å². The number of rotatable bonds is 3. The van der Waals surface area contributed by atoms with Crippen LogP contribution in [0.15, 0.2) is 18.2 Å². The highest BCUT2D eigenvalue weighted by Gasteiger charge is 1.95. The van der Waals surface area contributed by atoms with E-state index >= 15 is 0 Å². The van der Waals surface area contributed by atoms with Crippen molar-refractivity contribution in [3.8, 4) is 0 Å². The lowest BCUT2D eigenvalue weighted by Crippen LogP contribution is -2.19.